The van der Waals surface area contributed by atoms with E-state index in [1.54, 1.807) is 24.6 Å². The number of methoxy groups -OCH3 is 1. The summed E-state index contributed by atoms with van der Waals surface area (Å²) in [5, 5.41) is 4.00. The Morgan fingerprint density at radius 2 is 1.97 bits per heavy atom. The van der Waals surface area contributed by atoms with Gasteiger partial charge in [0.25, 0.3) is 0 Å². The van der Waals surface area contributed by atoms with Gasteiger partial charge in [-0.2, -0.15) is 0 Å². The van der Waals surface area contributed by atoms with E-state index in [-0.39, 0.29) is 18.1 Å². The minimum absolute atomic E-state index is 0.186. The lowest BCUT2D eigenvalue weighted by molar-refractivity contribution is 0.0600. The maximum absolute atomic E-state index is 11.7. The van der Waals surface area contributed by atoms with Crippen molar-refractivity contribution in [2.24, 2.45) is 0 Å². The van der Waals surface area contributed by atoms with E-state index in [9.17, 15) is 4.79 Å². The van der Waals surface area contributed by atoms with E-state index in [1.807, 2.05) is 54.6 Å². The molecule has 3 aromatic heterocycles. The van der Waals surface area contributed by atoms with Gasteiger partial charge in [0.15, 0.2) is 5.11 Å². The molecule has 0 saturated carbocycles. The highest BCUT2D eigenvalue weighted by Gasteiger charge is 2.42. The lowest BCUT2D eigenvalue weighted by Gasteiger charge is -2.25. The molecule has 0 radical (unpaired) electrons. The number of esters is 1. The number of furan rings is 2. The van der Waals surface area contributed by atoms with Gasteiger partial charge < -0.3 is 23.8 Å². The number of benzene rings is 1. The lowest BCUT2D eigenvalue weighted by atomic mass is 10.0. The van der Waals surface area contributed by atoms with Gasteiger partial charge in [0.05, 0.1) is 37.2 Å². The van der Waals surface area contributed by atoms with Gasteiger partial charge >= 0.3 is 5.97 Å². The number of carbonyl (C=O) groups excluding carboxylic acids is 1. The van der Waals surface area contributed by atoms with Crippen LogP contribution in [0.3, 0.4) is 0 Å². The Morgan fingerprint density at radius 1 is 1.12 bits per heavy atom. The van der Waals surface area contributed by atoms with Gasteiger partial charge in [0.2, 0.25) is 0 Å². The predicted octanol–water partition coefficient (Wildman–Crippen LogP) is 4.89. The Morgan fingerprint density at radius 3 is 2.67 bits per heavy atom. The third-order valence-electron chi connectivity index (χ3n) is 5.61. The van der Waals surface area contributed by atoms with Crippen LogP contribution in [0, 0.1) is 0 Å². The standard InChI is InChI=1S/C25H21N3O4S/c1-30-24(29)17-9-7-16(8-10-17)20-11-12-21(32-20)23-22(19-6-2-3-13-26-19)27-25(33)28(23)15-18-5-4-14-31-18/h2-14,22-23H,15H2,1H3,(H,27,33)/t22-,23+/m0/s1. The van der Waals surface area contributed by atoms with Gasteiger partial charge in [-0.1, -0.05) is 18.2 Å². The van der Waals surface area contributed by atoms with Crippen LogP contribution in [0.25, 0.3) is 11.3 Å². The molecule has 8 heteroatoms. The number of hydrogen-bond acceptors (Lipinski definition) is 6. The molecule has 1 saturated heterocycles. The average Bonchev–Trinajstić information content (AvgIpc) is 3.61. The Hall–Kier alpha value is -3.91. The highest BCUT2D eigenvalue weighted by atomic mass is 32.1. The van der Waals surface area contributed by atoms with E-state index in [0.717, 1.165) is 22.8 Å². The first-order valence-corrected chi connectivity index (χ1v) is 10.8. The predicted molar refractivity (Wildman–Crippen MR) is 125 cm³/mol. The molecule has 0 bridgehead atoms. The van der Waals surface area contributed by atoms with Gasteiger partial charge in [-0.15, -0.1) is 0 Å². The summed E-state index contributed by atoms with van der Waals surface area (Å²) in [5.41, 5.74) is 2.21. The number of hydrogen-bond donors (Lipinski definition) is 1. The summed E-state index contributed by atoms with van der Waals surface area (Å²) in [6.45, 7) is 0.497. The topological polar surface area (TPSA) is 80.7 Å². The molecule has 1 N–H and O–H groups in total. The molecule has 7 nitrogen and oxygen atoms in total. The van der Waals surface area contributed by atoms with Crippen LogP contribution < -0.4 is 5.32 Å². The number of pyridine rings is 1. The van der Waals surface area contributed by atoms with Crippen LogP contribution in [0.1, 0.15) is 39.7 Å². The quantitative estimate of drug-likeness (QED) is 0.322. The maximum atomic E-state index is 11.7. The van der Waals surface area contributed by atoms with Crippen molar-refractivity contribution in [3.8, 4) is 11.3 Å². The third kappa shape index (κ3) is 4.12. The molecule has 33 heavy (non-hydrogen) atoms. The van der Waals surface area contributed by atoms with Gasteiger partial charge in [-0.3, -0.25) is 4.98 Å². The van der Waals surface area contributed by atoms with Crippen molar-refractivity contribution in [1.29, 1.82) is 0 Å². The molecule has 1 aromatic carbocycles. The Bertz CT molecular complexity index is 1250. The summed E-state index contributed by atoms with van der Waals surface area (Å²) in [6, 6.07) is 20.2. The SMILES string of the molecule is COC(=O)c1ccc(-c2ccc([C@@H]3[C@H](c4ccccn4)NC(=S)N3Cc3ccco3)o2)cc1. The van der Waals surface area contributed by atoms with Gasteiger partial charge in [-0.05, 0) is 60.7 Å². The number of rotatable bonds is 6. The van der Waals surface area contributed by atoms with Crippen molar-refractivity contribution in [3.05, 3.63) is 102 Å². The van der Waals surface area contributed by atoms with E-state index < -0.39 is 0 Å². The number of nitrogens with one attached hydrogen (secondary N) is 1. The minimum Gasteiger partial charge on any atom is -0.467 e. The van der Waals surface area contributed by atoms with Crippen molar-refractivity contribution >= 4 is 23.3 Å². The largest absolute Gasteiger partial charge is 0.467 e. The molecule has 2 atom stereocenters. The molecule has 1 aliphatic heterocycles. The smallest absolute Gasteiger partial charge is 0.337 e. The van der Waals surface area contributed by atoms with Crippen molar-refractivity contribution in [2.75, 3.05) is 7.11 Å². The molecule has 0 spiro atoms. The zero-order valence-electron chi connectivity index (χ0n) is 17.8. The second kappa shape index (κ2) is 8.91. The van der Waals surface area contributed by atoms with E-state index >= 15 is 0 Å². The first-order chi connectivity index (χ1) is 16.1. The number of nitrogens with zero attached hydrogens (tertiary/aromatic N) is 2. The Labute approximate surface area is 196 Å². The zero-order valence-corrected chi connectivity index (χ0v) is 18.6. The monoisotopic (exact) mass is 459 g/mol. The van der Waals surface area contributed by atoms with Crippen LogP contribution in [0.2, 0.25) is 0 Å². The van der Waals surface area contributed by atoms with E-state index in [2.05, 4.69) is 15.2 Å². The fourth-order valence-electron chi connectivity index (χ4n) is 4.01. The molecule has 0 unspecified atom stereocenters. The Kier molecular flexibility index (Phi) is 5.66. The molecule has 5 rings (SSSR count). The van der Waals surface area contributed by atoms with E-state index in [0.29, 0.717) is 23.0 Å². The van der Waals surface area contributed by atoms with E-state index in [4.69, 9.17) is 25.8 Å². The second-order valence-corrected chi connectivity index (χ2v) is 7.99. The summed E-state index contributed by atoms with van der Waals surface area (Å²) in [6.07, 6.45) is 3.42. The number of carbonyl (C=O) groups is 1. The van der Waals surface area contributed by atoms with Crippen molar-refractivity contribution < 1.29 is 18.4 Å². The van der Waals surface area contributed by atoms with Gasteiger partial charge in [0.1, 0.15) is 23.3 Å². The summed E-state index contributed by atoms with van der Waals surface area (Å²) in [7, 11) is 1.36. The normalized spacial score (nSPS) is 17.7. The molecule has 1 aliphatic rings. The first-order valence-electron chi connectivity index (χ1n) is 10.4. The molecular weight excluding hydrogens is 438 g/mol. The summed E-state index contributed by atoms with van der Waals surface area (Å²) in [5.74, 6) is 1.86. The maximum Gasteiger partial charge on any atom is 0.337 e. The van der Waals surface area contributed by atoms with Gasteiger partial charge in [0, 0.05) is 11.8 Å². The molecule has 4 heterocycles. The molecule has 0 amide bonds. The number of thiocarbonyl (C=S) groups is 1. The number of aromatic nitrogens is 1. The summed E-state index contributed by atoms with van der Waals surface area (Å²) < 4.78 is 16.7. The van der Waals surface area contributed by atoms with Crippen molar-refractivity contribution in [1.82, 2.24) is 15.2 Å². The zero-order chi connectivity index (χ0) is 22.8. The fourth-order valence-corrected chi connectivity index (χ4v) is 4.32. The third-order valence-corrected chi connectivity index (χ3v) is 5.97. The van der Waals surface area contributed by atoms with Crippen LogP contribution in [-0.4, -0.2) is 28.1 Å². The number of ether oxygens (including phenoxy) is 1. The van der Waals surface area contributed by atoms with Crippen molar-refractivity contribution in [2.45, 2.75) is 18.6 Å². The molecule has 0 aliphatic carbocycles. The fraction of sp³-hybridized carbons (Fsp3) is 0.160. The molecule has 4 aromatic rings. The van der Waals surface area contributed by atoms with Crippen molar-refractivity contribution in [3.63, 3.8) is 0 Å². The van der Waals surface area contributed by atoms with Crippen LogP contribution in [0.5, 0.6) is 0 Å². The minimum atomic E-state index is -0.376. The van der Waals surface area contributed by atoms with Crippen LogP contribution in [-0.2, 0) is 11.3 Å². The van der Waals surface area contributed by atoms with Crippen LogP contribution in [0.4, 0.5) is 0 Å². The van der Waals surface area contributed by atoms with Crippen LogP contribution in [0.15, 0.2) is 88.0 Å². The molecular formula is C25H21N3O4S. The highest BCUT2D eigenvalue weighted by Crippen LogP contribution is 2.41. The molecule has 166 valence electrons. The highest BCUT2D eigenvalue weighted by molar-refractivity contribution is 7.80. The van der Waals surface area contributed by atoms with Crippen LogP contribution >= 0.6 is 12.2 Å². The second-order valence-electron chi connectivity index (χ2n) is 7.60. The van der Waals surface area contributed by atoms with E-state index in [1.165, 1.54) is 7.11 Å². The Balaban J connectivity index is 1.49. The summed E-state index contributed by atoms with van der Waals surface area (Å²) in [4.78, 5) is 18.3. The first kappa shape index (κ1) is 21.0. The molecule has 1 fully saturated rings. The average molecular weight is 460 g/mol. The lowest BCUT2D eigenvalue weighted by Crippen LogP contribution is -2.28. The van der Waals surface area contributed by atoms with Gasteiger partial charge in [-0.25, -0.2) is 4.79 Å². The summed E-state index contributed by atoms with van der Waals surface area (Å²) >= 11 is 5.68.